The lowest BCUT2D eigenvalue weighted by Crippen LogP contribution is -1.95. The summed E-state index contributed by atoms with van der Waals surface area (Å²) >= 11 is 0. The molecule has 3 heteroatoms. The lowest BCUT2D eigenvalue weighted by molar-refractivity contribution is 0.415. The summed E-state index contributed by atoms with van der Waals surface area (Å²) in [6.07, 6.45) is 0. The average molecular weight is 191 g/mol. The van der Waals surface area contributed by atoms with E-state index in [0.29, 0.717) is 6.54 Å². The molecular weight excluding hydrogens is 178 g/mol. The number of fused-ring (bicyclic) bond motifs is 1. The Morgan fingerprint density at radius 2 is 2.21 bits per heavy atom. The summed E-state index contributed by atoms with van der Waals surface area (Å²) < 4.78 is 10.7. The highest BCUT2D eigenvalue weighted by Crippen LogP contribution is 2.28. The zero-order valence-corrected chi connectivity index (χ0v) is 8.33. The van der Waals surface area contributed by atoms with Gasteiger partial charge in [-0.1, -0.05) is 0 Å². The zero-order chi connectivity index (χ0) is 10.1. The summed E-state index contributed by atoms with van der Waals surface area (Å²) in [5.41, 5.74) is 7.52. The number of methoxy groups -OCH3 is 1. The molecule has 0 radical (unpaired) electrons. The Morgan fingerprint density at radius 3 is 2.86 bits per heavy atom. The summed E-state index contributed by atoms with van der Waals surface area (Å²) in [6.45, 7) is 2.44. The van der Waals surface area contributed by atoms with Crippen LogP contribution in [0, 0.1) is 6.92 Å². The highest BCUT2D eigenvalue weighted by Gasteiger charge is 2.09. The first-order valence-electron chi connectivity index (χ1n) is 4.52. The van der Waals surface area contributed by atoms with Crippen molar-refractivity contribution in [2.75, 3.05) is 7.11 Å². The van der Waals surface area contributed by atoms with E-state index in [1.165, 1.54) is 0 Å². The molecule has 1 aromatic carbocycles. The fourth-order valence-electron chi connectivity index (χ4n) is 1.57. The second-order valence-corrected chi connectivity index (χ2v) is 3.22. The first kappa shape index (κ1) is 9.09. The molecule has 14 heavy (non-hydrogen) atoms. The monoisotopic (exact) mass is 191 g/mol. The zero-order valence-electron chi connectivity index (χ0n) is 8.33. The average Bonchev–Trinajstić information content (AvgIpc) is 2.55. The van der Waals surface area contributed by atoms with Crippen LogP contribution in [0.3, 0.4) is 0 Å². The van der Waals surface area contributed by atoms with E-state index in [-0.39, 0.29) is 0 Å². The van der Waals surface area contributed by atoms with Crippen molar-refractivity contribution in [3.05, 3.63) is 29.5 Å². The van der Waals surface area contributed by atoms with Gasteiger partial charge in [0.05, 0.1) is 13.7 Å². The number of hydrogen-bond acceptors (Lipinski definition) is 3. The summed E-state index contributed by atoms with van der Waals surface area (Å²) in [4.78, 5) is 0. The van der Waals surface area contributed by atoms with E-state index in [2.05, 4.69) is 0 Å². The van der Waals surface area contributed by atoms with E-state index >= 15 is 0 Å². The number of furan rings is 1. The molecule has 2 rings (SSSR count). The molecule has 0 saturated heterocycles. The fourth-order valence-corrected chi connectivity index (χ4v) is 1.57. The number of aryl methyl sites for hydroxylation is 1. The molecule has 0 bridgehead atoms. The SMILES string of the molecule is COc1ccc2oc(CN)c(C)c2c1. The molecule has 0 aliphatic rings. The quantitative estimate of drug-likeness (QED) is 0.791. The highest BCUT2D eigenvalue weighted by atomic mass is 16.5. The van der Waals surface area contributed by atoms with Crippen molar-refractivity contribution < 1.29 is 9.15 Å². The molecule has 3 nitrogen and oxygen atoms in total. The molecule has 0 fully saturated rings. The molecule has 0 saturated carbocycles. The summed E-state index contributed by atoms with van der Waals surface area (Å²) in [7, 11) is 1.65. The van der Waals surface area contributed by atoms with Crippen LogP contribution in [0.1, 0.15) is 11.3 Å². The van der Waals surface area contributed by atoms with Crippen LogP contribution in [0.25, 0.3) is 11.0 Å². The molecule has 0 amide bonds. The predicted octanol–water partition coefficient (Wildman–Crippen LogP) is 2.21. The third kappa shape index (κ3) is 1.26. The van der Waals surface area contributed by atoms with Crippen LogP contribution < -0.4 is 10.5 Å². The van der Waals surface area contributed by atoms with Crippen molar-refractivity contribution in [2.45, 2.75) is 13.5 Å². The summed E-state index contributed by atoms with van der Waals surface area (Å²) in [5, 5.41) is 1.07. The molecule has 2 N–H and O–H groups in total. The Hall–Kier alpha value is -1.48. The van der Waals surface area contributed by atoms with Crippen molar-refractivity contribution in [3.63, 3.8) is 0 Å². The van der Waals surface area contributed by atoms with E-state index in [1.54, 1.807) is 7.11 Å². The maximum atomic E-state index is 5.57. The van der Waals surface area contributed by atoms with Crippen molar-refractivity contribution >= 4 is 11.0 Å². The van der Waals surface area contributed by atoms with Crippen LogP contribution in [0.5, 0.6) is 5.75 Å². The van der Waals surface area contributed by atoms with Gasteiger partial charge in [-0.15, -0.1) is 0 Å². The predicted molar refractivity (Wildman–Crippen MR) is 55.4 cm³/mol. The maximum Gasteiger partial charge on any atom is 0.134 e. The summed E-state index contributed by atoms with van der Waals surface area (Å²) in [5.74, 6) is 1.68. The van der Waals surface area contributed by atoms with Gasteiger partial charge in [0.15, 0.2) is 0 Å². The molecule has 74 valence electrons. The fraction of sp³-hybridized carbons (Fsp3) is 0.273. The molecule has 1 heterocycles. The number of rotatable bonds is 2. The van der Waals surface area contributed by atoms with E-state index < -0.39 is 0 Å². The number of hydrogen-bond donors (Lipinski definition) is 1. The van der Waals surface area contributed by atoms with Gasteiger partial charge >= 0.3 is 0 Å². The molecule has 0 aliphatic heterocycles. The van der Waals surface area contributed by atoms with Gasteiger partial charge in [-0.3, -0.25) is 0 Å². The smallest absolute Gasteiger partial charge is 0.134 e. The number of benzene rings is 1. The van der Waals surface area contributed by atoms with E-state index in [4.69, 9.17) is 14.9 Å². The van der Waals surface area contributed by atoms with Crippen LogP contribution in [-0.2, 0) is 6.54 Å². The normalized spacial score (nSPS) is 10.8. The van der Waals surface area contributed by atoms with Crippen molar-refractivity contribution in [1.29, 1.82) is 0 Å². The Balaban J connectivity index is 2.68. The summed E-state index contributed by atoms with van der Waals surface area (Å²) in [6, 6.07) is 5.75. The second kappa shape index (κ2) is 3.35. The van der Waals surface area contributed by atoms with E-state index in [0.717, 1.165) is 28.0 Å². The Kier molecular flexibility index (Phi) is 2.17. The molecule has 0 spiro atoms. The first-order valence-corrected chi connectivity index (χ1v) is 4.52. The van der Waals surface area contributed by atoms with Gasteiger partial charge in [0.1, 0.15) is 17.1 Å². The first-order chi connectivity index (χ1) is 6.76. The van der Waals surface area contributed by atoms with Gasteiger partial charge in [-0.2, -0.15) is 0 Å². The Labute approximate surface area is 82.5 Å². The Morgan fingerprint density at radius 1 is 1.43 bits per heavy atom. The van der Waals surface area contributed by atoms with Gasteiger partial charge in [-0.25, -0.2) is 0 Å². The standard InChI is InChI=1S/C11H13NO2/c1-7-9-5-8(13-2)3-4-10(9)14-11(7)6-12/h3-5H,6,12H2,1-2H3. The van der Waals surface area contributed by atoms with Crippen LogP contribution in [0.15, 0.2) is 22.6 Å². The number of ether oxygens (including phenoxy) is 1. The van der Waals surface area contributed by atoms with Crippen LogP contribution in [-0.4, -0.2) is 7.11 Å². The lowest BCUT2D eigenvalue weighted by atomic mass is 10.1. The molecule has 1 aromatic heterocycles. The minimum absolute atomic E-state index is 0.433. The molecule has 0 unspecified atom stereocenters. The van der Waals surface area contributed by atoms with Gasteiger partial charge in [-0.05, 0) is 30.7 Å². The molecular formula is C11H13NO2. The minimum atomic E-state index is 0.433. The van der Waals surface area contributed by atoms with Gasteiger partial charge in [0.25, 0.3) is 0 Å². The van der Waals surface area contributed by atoms with Gasteiger partial charge < -0.3 is 14.9 Å². The minimum Gasteiger partial charge on any atom is -0.497 e. The van der Waals surface area contributed by atoms with Crippen LogP contribution in [0.2, 0.25) is 0 Å². The topological polar surface area (TPSA) is 48.4 Å². The Bertz CT molecular complexity index is 460. The van der Waals surface area contributed by atoms with E-state index in [9.17, 15) is 0 Å². The van der Waals surface area contributed by atoms with E-state index in [1.807, 2.05) is 25.1 Å². The van der Waals surface area contributed by atoms with Crippen LogP contribution in [0.4, 0.5) is 0 Å². The van der Waals surface area contributed by atoms with Crippen molar-refractivity contribution in [3.8, 4) is 5.75 Å². The molecule has 0 atom stereocenters. The molecule has 0 aliphatic carbocycles. The van der Waals surface area contributed by atoms with Gasteiger partial charge in [0, 0.05) is 5.39 Å². The van der Waals surface area contributed by atoms with Crippen molar-refractivity contribution in [2.24, 2.45) is 5.73 Å². The lowest BCUT2D eigenvalue weighted by Gasteiger charge is -1.97. The second-order valence-electron chi connectivity index (χ2n) is 3.22. The maximum absolute atomic E-state index is 5.57. The van der Waals surface area contributed by atoms with Crippen molar-refractivity contribution in [1.82, 2.24) is 0 Å². The van der Waals surface area contributed by atoms with Crippen LogP contribution >= 0.6 is 0 Å². The third-order valence-electron chi connectivity index (χ3n) is 2.43. The number of nitrogens with two attached hydrogens (primary N) is 1. The molecule has 2 aromatic rings. The highest BCUT2D eigenvalue weighted by molar-refractivity contribution is 5.83. The third-order valence-corrected chi connectivity index (χ3v) is 2.43. The van der Waals surface area contributed by atoms with Gasteiger partial charge in [0.2, 0.25) is 0 Å². The largest absolute Gasteiger partial charge is 0.497 e.